The Hall–Kier alpha value is -1.26. The zero-order valence-corrected chi connectivity index (χ0v) is 13.1. The number of rotatable bonds is 9. The quantitative estimate of drug-likeness (QED) is 0.755. The first-order valence-corrected chi connectivity index (χ1v) is 7.16. The number of hydrogen-bond donors (Lipinski definition) is 1. The Morgan fingerprint density at radius 1 is 1.15 bits per heavy atom. The molecule has 1 rings (SSSR count). The monoisotopic (exact) mass is 281 g/mol. The SMILES string of the molecule is CCCOc1ccc(CN)c(OCCC(C)(C)OC)c1. The third kappa shape index (κ3) is 5.39. The maximum absolute atomic E-state index is 5.85. The normalized spacial score (nSPS) is 11.4. The number of benzene rings is 1. The molecule has 0 unspecified atom stereocenters. The van der Waals surface area contributed by atoms with E-state index >= 15 is 0 Å². The molecular weight excluding hydrogens is 254 g/mol. The van der Waals surface area contributed by atoms with Crippen LogP contribution in [-0.4, -0.2) is 25.9 Å². The van der Waals surface area contributed by atoms with E-state index in [1.165, 1.54) is 0 Å². The van der Waals surface area contributed by atoms with Crippen LogP contribution in [0.1, 0.15) is 39.2 Å². The van der Waals surface area contributed by atoms with Gasteiger partial charge in [-0.05, 0) is 26.3 Å². The second kappa shape index (κ2) is 8.12. The lowest BCUT2D eigenvalue weighted by Crippen LogP contribution is -2.25. The van der Waals surface area contributed by atoms with Crippen LogP contribution in [0.25, 0.3) is 0 Å². The fourth-order valence-corrected chi connectivity index (χ4v) is 1.66. The topological polar surface area (TPSA) is 53.7 Å². The van der Waals surface area contributed by atoms with Gasteiger partial charge in [-0.1, -0.05) is 13.0 Å². The van der Waals surface area contributed by atoms with E-state index in [1.54, 1.807) is 7.11 Å². The van der Waals surface area contributed by atoms with E-state index in [-0.39, 0.29) is 5.60 Å². The Morgan fingerprint density at radius 3 is 2.50 bits per heavy atom. The molecule has 0 aromatic heterocycles. The van der Waals surface area contributed by atoms with Crippen LogP contribution < -0.4 is 15.2 Å². The molecule has 1 aromatic carbocycles. The summed E-state index contributed by atoms with van der Waals surface area (Å²) in [4.78, 5) is 0. The lowest BCUT2D eigenvalue weighted by Gasteiger charge is -2.23. The summed E-state index contributed by atoms with van der Waals surface area (Å²) in [6.45, 7) is 7.92. The van der Waals surface area contributed by atoms with Crippen molar-refractivity contribution in [1.82, 2.24) is 0 Å². The number of ether oxygens (including phenoxy) is 3. The average molecular weight is 281 g/mol. The molecule has 0 fully saturated rings. The minimum absolute atomic E-state index is 0.181. The van der Waals surface area contributed by atoms with Gasteiger partial charge in [-0.15, -0.1) is 0 Å². The number of hydrogen-bond acceptors (Lipinski definition) is 4. The molecule has 0 heterocycles. The molecule has 114 valence electrons. The van der Waals surface area contributed by atoms with E-state index in [0.717, 1.165) is 29.9 Å². The third-order valence-electron chi connectivity index (χ3n) is 3.25. The Morgan fingerprint density at radius 2 is 1.90 bits per heavy atom. The average Bonchev–Trinajstić information content (AvgIpc) is 2.45. The third-order valence-corrected chi connectivity index (χ3v) is 3.25. The highest BCUT2D eigenvalue weighted by Crippen LogP contribution is 2.25. The van der Waals surface area contributed by atoms with Crippen molar-refractivity contribution in [2.75, 3.05) is 20.3 Å². The first-order chi connectivity index (χ1) is 9.52. The van der Waals surface area contributed by atoms with Gasteiger partial charge in [0.05, 0.1) is 18.8 Å². The van der Waals surface area contributed by atoms with Crippen molar-refractivity contribution in [3.63, 3.8) is 0 Å². The molecule has 4 heteroatoms. The van der Waals surface area contributed by atoms with Crippen LogP contribution in [0, 0.1) is 0 Å². The van der Waals surface area contributed by atoms with Gasteiger partial charge in [0.2, 0.25) is 0 Å². The van der Waals surface area contributed by atoms with Gasteiger partial charge in [0, 0.05) is 31.7 Å². The van der Waals surface area contributed by atoms with E-state index in [2.05, 4.69) is 6.92 Å². The van der Waals surface area contributed by atoms with Crippen LogP contribution >= 0.6 is 0 Å². The molecule has 2 N–H and O–H groups in total. The lowest BCUT2D eigenvalue weighted by molar-refractivity contribution is 0.00537. The standard InChI is InChI=1S/C16H27NO3/c1-5-9-19-14-7-6-13(12-17)15(11-14)20-10-8-16(2,3)18-4/h6-7,11H,5,8-10,12,17H2,1-4H3. The smallest absolute Gasteiger partial charge is 0.127 e. The van der Waals surface area contributed by atoms with Crippen molar-refractivity contribution < 1.29 is 14.2 Å². The van der Waals surface area contributed by atoms with Crippen molar-refractivity contribution in [2.45, 2.75) is 45.8 Å². The van der Waals surface area contributed by atoms with Gasteiger partial charge < -0.3 is 19.9 Å². The predicted molar refractivity (Wildman–Crippen MR) is 81.3 cm³/mol. The molecule has 0 saturated heterocycles. The van der Waals surface area contributed by atoms with Gasteiger partial charge in [-0.3, -0.25) is 0 Å². The second-order valence-corrected chi connectivity index (χ2v) is 5.38. The van der Waals surface area contributed by atoms with E-state index in [4.69, 9.17) is 19.9 Å². The molecule has 0 aliphatic heterocycles. The molecule has 0 aliphatic rings. The summed E-state index contributed by atoms with van der Waals surface area (Å²) in [5, 5.41) is 0. The first kappa shape index (κ1) is 16.8. The molecule has 0 atom stereocenters. The van der Waals surface area contributed by atoms with E-state index in [0.29, 0.717) is 19.8 Å². The fraction of sp³-hybridized carbons (Fsp3) is 0.625. The molecule has 0 saturated carbocycles. The van der Waals surface area contributed by atoms with Crippen molar-refractivity contribution >= 4 is 0 Å². The minimum atomic E-state index is -0.181. The molecule has 0 amide bonds. The Bertz CT molecular complexity index is 405. The summed E-state index contributed by atoms with van der Waals surface area (Å²) >= 11 is 0. The summed E-state index contributed by atoms with van der Waals surface area (Å²) in [6, 6.07) is 5.81. The Kier molecular flexibility index (Phi) is 6.82. The maximum Gasteiger partial charge on any atom is 0.127 e. The van der Waals surface area contributed by atoms with Gasteiger partial charge in [0.25, 0.3) is 0 Å². The largest absolute Gasteiger partial charge is 0.493 e. The summed E-state index contributed by atoms with van der Waals surface area (Å²) in [7, 11) is 1.71. The molecule has 0 bridgehead atoms. The van der Waals surface area contributed by atoms with Crippen LogP contribution in [0.4, 0.5) is 0 Å². The fourth-order valence-electron chi connectivity index (χ4n) is 1.66. The molecule has 4 nitrogen and oxygen atoms in total. The van der Waals surface area contributed by atoms with E-state index in [9.17, 15) is 0 Å². The first-order valence-electron chi connectivity index (χ1n) is 7.16. The Labute approximate surface area is 122 Å². The number of methoxy groups -OCH3 is 1. The predicted octanol–water partition coefficient (Wildman–Crippen LogP) is 3.13. The minimum Gasteiger partial charge on any atom is -0.493 e. The van der Waals surface area contributed by atoms with Gasteiger partial charge in [0.15, 0.2) is 0 Å². The lowest BCUT2D eigenvalue weighted by atomic mass is 10.1. The highest BCUT2D eigenvalue weighted by molar-refractivity contribution is 5.40. The molecule has 0 aliphatic carbocycles. The zero-order valence-electron chi connectivity index (χ0n) is 13.1. The molecule has 20 heavy (non-hydrogen) atoms. The number of nitrogens with two attached hydrogens (primary N) is 1. The second-order valence-electron chi connectivity index (χ2n) is 5.38. The Balaban J connectivity index is 2.66. The highest BCUT2D eigenvalue weighted by Gasteiger charge is 2.16. The molecular formula is C16H27NO3. The van der Waals surface area contributed by atoms with Gasteiger partial charge in [-0.25, -0.2) is 0 Å². The molecule has 0 radical (unpaired) electrons. The summed E-state index contributed by atoms with van der Waals surface area (Å²) in [6.07, 6.45) is 1.80. The van der Waals surface area contributed by atoms with Crippen LogP contribution in [0.3, 0.4) is 0 Å². The summed E-state index contributed by atoms with van der Waals surface area (Å²) in [5.74, 6) is 1.62. The highest BCUT2D eigenvalue weighted by atomic mass is 16.5. The van der Waals surface area contributed by atoms with Gasteiger partial charge in [0.1, 0.15) is 11.5 Å². The summed E-state index contributed by atoms with van der Waals surface area (Å²) < 4.78 is 16.8. The van der Waals surface area contributed by atoms with Crippen molar-refractivity contribution in [2.24, 2.45) is 5.73 Å². The van der Waals surface area contributed by atoms with Gasteiger partial charge >= 0.3 is 0 Å². The maximum atomic E-state index is 5.85. The zero-order chi connectivity index (χ0) is 15.0. The van der Waals surface area contributed by atoms with Crippen molar-refractivity contribution in [1.29, 1.82) is 0 Å². The van der Waals surface area contributed by atoms with Crippen LogP contribution in [0.2, 0.25) is 0 Å². The van der Waals surface area contributed by atoms with Crippen molar-refractivity contribution in [3.8, 4) is 11.5 Å². The summed E-state index contributed by atoms with van der Waals surface area (Å²) in [5.41, 5.74) is 6.55. The van der Waals surface area contributed by atoms with Crippen molar-refractivity contribution in [3.05, 3.63) is 23.8 Å². The van der Waals surface area contributed by atoms with E-state index in [1.807, 2.05) is 32.0 Å². The van der Waals surface area contributed by atoms with Gasteiger partial charge in [-0.2, -0.15) is 0 Å². The molecule has 1 aromatic rings. The molecule has 0 spiro atoms. The van der Waals surface area contributed by atoms with Crippen LogP contribution in [0.5, 0.6) is 11.5 Å². The van der Waals surface area contributed by atoms with Crippen LogP contribution in [-0.2, 0) is 11.3 Å². The van der Waals surface area contributed by atoms with E-state index < -0.39 is 0 Å². The van der Waals surface area contributed by atoms with Crippen LogP contribution in [0.15, 0.2) is 18.2 Å².